The third kappa shape index (κ3) is 52.3. The number of phosphoric ester groups is 1. The zero-order valence-electron chi connectivity index (χ0n) is 45.6. The molecule has 9 heteroatoms. The molecule has 3 unspecified atom stereocenters. The van der Waals surface area contributed by atoms with Crippen molar-refractivity contribution < 1.29 is 32.9 Å². The number of amides is 1. The van der Waals surface area contributed by atoms with Crippen LogP contribution in [-0.2, 0) is 18.4 Å². The third-order valence-corrected chi connectivity index (χ3v) is 14.0. The second-order valence-electron chi connectivity index (χ2n) is 21.0. The maximum absolute atomic E-state index is 12.8. The normalized spacial score (nSPS) is 14.3. The van der Waals surface area contributed by atoms with Crippen LogP contribution in [0.25, 0.3) is 0 Å². The number of likely N-dealkylation sites (N-methyl/N-ethyl adjacent to an activating group) is 1. The van der Waals surface area contributed by atoms with Gasteiger partial charge in [-0.15, -0.1) is 0 Å². The molecule has 0 spiro atoms. The smallest absolute Gasteiger partial charge is 0.387 e. The van der Waals surface area contributed by atoms with Crippen LogP contribution >= 0.6 is 7.82 Å². The summed E-state index contributed by atoms with van der Waals surface area (Å²) < 4.78 is 23.4. The first-order chi connectivity index (χ1) is 33.0. The molecule has 1 amide bonds. The molecule has 0 aliphatic heterocycles. The molecular formula is C59H114N2O6P+. The number of allylic oxidation sites excluding steroid dienone is 7. The standard InChI is InChI=1S/C59H113N2O6P/c1-6-8-10-12-13-14-15-16-17-18-19-20-21-22-23-24-25-26-27-28-29-30-31-32-33-34-35-36-37-38-39-40-41-42-43-44-45-46-47-49-51-53-59(63)60-57(58(62)52-50-48-11-9-7-2)56-67-68(64,65)66-55-54-61(3,4)5/h15-16,18-19,21-22,50,52,57-58,62H,6-14,17,20,23-49,51,53-56H2,1-5H3,(H-,60,63,64,65)/p+1/b16-15-,19-18-,22-21-,52-50+. The van der Waals surface area contributed by atoms with E-state index in [0.717, 1.165) is 57.8 Å². The molecule has 8 nitrogen and oxygen atoms in total. The molecule has 0 aliphatic carbocycles. The predicted molar refractivity (Wildman–Crippen MR) is 295 cm³/mol. The lowest BCUT2D eigenvalue weighted by Gasteiger charge is -2.25. The van der Waals surface area contributed by atoms with Crippen LogP contribution in [0.15, 0.2) is 48.6 Å². The number of carbonyl (C=O) groups excluding carboxylic acids is 1. The summed E-state index contributed by atoms with van der Waals surface area (Å²) in [6.07, 6.45) is 67.3. The Labute approximate surface area is 422 Å². The number of unbranched alkanes of at least 4 members (excludes halogenated alkanes) is 34. The Morgan fingerprint density at radius 2 is 0.838 bits per heavy atom. The minimum absolute atomic E-state index is 0.0616. The number of nitrogens with zero attached hydrogens (tertiary/aromatic N) is 1. The van der Waals surface area contributed by atoms with E-state index in [1.165, 1.54) is 193 Å². The van der Waals surface area contributed by atoms with Gasteiger partial charge in [0.15, 0.2) is 0 Å². The van der Waals surface area contributed by atoms with E-state index in [-0.39, 0.29) is 19.1 Å². The molecule has 3 N–H and O–H groups in total. The van der Waals surface area contributed by atoms with Gasteiger partial charge in [0.05, 0.1) is 39.9 Å². The van der Waals surface area contributed by atoms with Gasteiger partial charge in [0.2, 0.25) is 5.91 Å². The quantitative estimate of drug-likeness (QED) is 0.0243. The zero-order chi connectivity index (χ0) is 49.9. The number of aliphatic hydroxyl groups excluding tert-OH is 1. The van der Waals surface area contributed by atoms with Gasteiger partial charge in [0.1, 0.15) is 13.2 Å². The molecule has 0 saturated heterocycles. The van der Waals surface area contributed by atoms with Crippen molar-refractivity contribution in [1.82, 2.24) is 5.32 Å². The predicted octanol–water partition coefficient (Wildman–Crippen LogP) is 17.5. The number of phosphoric acid groups is 1. The summed E-state index contributed by atoms with van der Waals surface area (Å²) in [6, 6.07) is -0.840. The monoisotopic (exact) mass is 978 g/mol. The first-order valence-corrected chi connectivity index (χ1v) is 30.5. The van der Waals surface area contributed by atoms with Crippen molar-refractivity contribution in [2.45, 2.75) is 283 Å². The highest BCUT2D eigenvalue weighted by Gasteiger charge is 2.27. The van der Waals surface area contributed by atoms with Crippen LogP contribution in [0, 0.1) is 0 Å². The summed E-state index contributed by atoms with van der Waals surface area (Å²) in [6.45, 7) is 4.70. The Bertz CT molecular complexity index is 1250. The van der Waals surface area contributed by atoms with Gasteiger partial charge in [-0.05, 0) is 57.8 Å². The van der Waals surface area contributed by atoms with Gasteiger partial charge in [0, 0.05) is 6.42 Å². The van der Waals surface area contributed by atoms with Crippen LogP contribution < -0.4 is 5.32 Å². The van der Waals surface area contributed by atoms with Crippen LogP contribution in [0.5, 0.6) is 0 Å². The maximum atomic E-state index is 12.8. The second-order valence-corrected chi connectivity index (χ2v) is 22.5. The largest absolute Gasteiger partial charge is 0.472 e. The second kappa shape index (κ2) is 50.4. The van der Waals surface area contributed by atoms with Crippen LogP contribution in [0.2, 0.25) is 0 Å². The number of carbonyl (C=O) groups is 1. The molecule has 0 aromatic carbocycles. The van der Waals surface area contributed by atoms with Crippen molar-refractivity contribution in [3.63, 3.8) is 0 Å². The first-order valence-electron chi connectivity index (χ1n) is 29.0. The number of nitrogens with one attached hydrogen (secondary N) is 1. The van der Waals surface area contributed by atoms with Crippen LogP contribution in [0.4, 0.5) is 0 Å². The molecule has 0 heterocycles. The van der Waals surface area contributed by atoms with E-state index in [2.05, 4.69) is 55.6 Å². The maximum Gasteiger partial charge on any atom is 0.472 e. The van der Waals surface area contributed by atoms with Crippen molar-refractivity contribution in [1.29, 1.82) is 0 Å². The molecule has 0 saturated carbocycles. The molecule has 400 valence electrons. The molecule has 0 bridgehead atoms. The summed E-state index contributed by atoms with van der Waals surface area (Å²) in [5.74, 6) is -0.181. The average molecular weight is 979 g/mol. The van der Waals surface area contributed by atoms with Crippen molar-refractivity contribution in [3.8, 4) is 0 Å². The van der Waals surface area contributed by atoms with E-state index in [1.807, 2.05) is 27.2 Å². The van der Waals surface area contributed by atoms with Gasteiger partial charge in [0.25, 0.3) is 0 Å². The molecule has 0 aromatic rings. The molecule has 0 fully saturated rings. The summed E-state index contributed by atoms with van der Waals surface area (Å²) in [5, 5.41) is 13.7. The topological polar surface area (TPSA) is 105 Å². The van der Waals surface area contributed by atoms with E-state index in [4.69, 9.17) is 9.05 Å². The lowest BCUT2D eigenvalue weighted by atomic mass is 10.0. The number of aliphatic hydroxyl groups is 1. The highest BCUT2D eigenvalue weighted by Crippen LogP contribution is 2.43. The Morgan fingerprint density at radius 3 is 1.25 bits per heavy atom. The number of hydrogen-bond acceptors (Lipinski definition) is 5. The van der Waals surface area contributed by atoms with E-state index < -0.39 is 20.0 Å². The highest BCUT2D eigenvalue weighted by atomic mass is 31.2. The first kappa shape index (κ1) is 66.5. The van der Waals surface area contributed by atoms with Crippen molar-refractivity contribution in [3.05, 3.63) is 48.6 Å². The SMILES string of the molecule is CCCCC/C=C/C(O)C(COP(=O)(O)OCC[N+](C)(C)C)NC(=O)CCCCCCCCCCCCCCCCCCCCCCCCCCCC/C=C\C/C=C\C/C=C\CCCCCCC. The molecule has 0 aliphatic rings. The summed E-state index contributed by atoms with van der Waals surface area (Å²) in [4.78, 5) is 23.0. The molecule has 0 radical (unpaired) electrons. The van der Waals surface area contributed by atoms with Gasteiger partial charge in [-0.25, -0.2) is 4.57 Å². The fourth-order valence-corrected chi connectivity index (χ4v) is 9.20. The molecule has 0 aromatic heterocycles. The third-order valence-electron chi connectivity index (χ3n) is 13.0. The fraction of sp³-hybridized carbons (Fsp3) is 0.847. The fourth-order valence-electron chi connectivity index (χ4n) is 8.46. The van der Waals surface area contributed by atoms with Crippen molar-refractivity contribution in [2.24, 2.45) is 0 Å². The lowest BCUT2D eigenvalue weighted by molar-refractivity contribution is -0.870. The van der Waals surface area contributed by atoms with E-state index in [0.29, 0.717) is 17.4 Å². The Balaban J connectivity index is 3.66. The molecule has 68 heavy (non-hydrogen) atoms. The van der Waals surface area contributed by atoms with E-state index >= 15 is 0 Å². The summed E-state index contributed by atoms with van der Waals surface area (Å²) in [7, 11) is 1.57. The summed E-state index contributed by atoms with van der Waals surface area (Å²) in [5.41, 5.74) is 0. The Morgan fingerprint density at radius 1 is 0.500 bits per heavy atom. The molecule has 0 rings (SSSR count). The van der Waals surface area contributed by atoms with Crippen LogP contribution in [-0.4, -0.2) is 73.4 Å². The number of quaternary nitrogens is 1. The number of rotatable bonds is 53. The van der Waals surface area contributed by atoms with E-state index in [9.17, 15) is 19.4 Å². The summed E-state index contributed by atoms with van der Waals surface area (Å²) >= 11 is 0. The number of hydrogen-bond donors (Lipinski definition) is 3. The van der Waals surface area contributed by atoms with Crippen molar-refractivity contribution in [2.75, 3.05) is 40.9 Å². The Hall–Kier alpha value is -1.54. The van der Waals surface area contributed by atoms with Gasteiger partial charge in [-0.2, -0.15) is 0 Å². The van der Waals surface area contributed by atoms with Gasteiger partial charge >= 0.3 is 7.82 Å². The van der Waals surface area contributed by atoms with Crippen LogP contribution in [0.1, 0.15) is 271 Å². The Kier molecular flexibility index (Phi) is 49.3. The van der Waals surface area contributed by atoms with Gasteiger partial charge < -0.3 is 19.8 Å². The van der Waals surface area contributed by atoms with Crippen molar-refractivity contribution >= 4 is 13.7 Å². The minimum atomic E-state index is -4.32. The zero-order valence-corrected chi connectivity index (χ0v) is 46.5. The molecule has 3 atom stereocenters. The van der Waals surface area contributed by atoms with Crippen LogP contribution in [0.3, 0.4) is 0 Å². The van der Waals surface area contributed by atoms with Gasteiger partial charge in [-0.3, -0.25) is 13.8 Å². The molecular weight excluding hydrogens is 864 g/mol. The average Bonchev–Trinajstić information content (AvgIpc) is 3.30. The van der Waals surface area contributed by atoms with Gasteiger partial charge in [-0.1, -0.05) is 255 Å². The highest BCUT2D eigenvalue weighted by molar-refractivity contribution is 7.47. The lowest BCUT2D eigenvalue weighted by Crippen LogP contribution is -2.45. The van der Waals surface area contributed by atoms with E-state index in [1.54, 1.807) is 6.08 Å². The minimum Gasteiger partial charge on any atom is -0.387 e.